The maximum Gasteiger partial charge on any atom is 0.0894 e. The zero-order chi connectivity index (χ0) is 16.0. The van der Waals surface area contributed by atoms with Crippen LogP contribution in [0.2, 0.25) is 18.1 Å². The largest absolute Gasteiger partial charge is 0.251 e. The SMILES string of the molecule is FCCCC[Si]1(c2ccccc2)CCC(C2CCCCC2)CC1. The van der Waals surface area contributed by atoms with Crippen LogP contribution in [0.3, 0.4) is 0 Å². The molecule has 3 rings (SSSR count). The second-order valence-electron chi connectivity index (χ2n) is 8.03. The minimum absolute atomic E-state index is 0.135. The number of hydrogen-bond acceptors (Lipinski definition) is 0. The molecule has 2 heteroatoms. The van der Waals surface area contributed by atoms with Gasteiger partial charge in [0.1, 0.15) is 0 Å². The maximum absolute atomic E-state index is 12.6. The van der Waals surface area contributed by atoms with Gasteiger partial charge in [-0.1, -0.05) is 105 Å². The van der Waals surface area contributed by atoms with Crippen molar-refractivity contribution < 1.29 is 4.39 Å². The average Bonchev–Trinajstić information content (AvgIpc) is 2.64. The van der Waals surface area contributed by atoms with Crippen molar-refractivity contribution >= 4 is 13.3 Å². The normalized spacial score (nSPS) is 29.5. The van der Waals surface area contributed by atoms with Crippen LogP contribution in [0, 0.1) is 11.8 Å². The molecule has 0 unspecified atom stereocenters. The average molecular weight is 333 g/mol. The lowest BCUT2D eigenvalue weighted by Crippen LogP contribution is -2.50. The number of unbranched alkanes of at least 4 members (excludes halogenated alkanes) is 1. The van der Waals surface area contributed by atoms with E-state index in [4.69, 9.17) is 0 Å². The summed E-state index contributed by atoms with van der Waals surface area (Å²) in [5.74, 6) is 2.03. The summed E-state index contributed by atoms with van der Waals surface area (Å²) in [6.45, 7) is -0.135. The van der Waals surface area contributed by atoms with Crippen LogP contribution in [0.15, 0.2) is 30.3 Å². The summed E-state index contributed by atoms with van der Waals surface area (Å²) in [7, 11) is -1.37. The Morgan fingerprint density at radius 2 is 1.48 bits per heavy atom. The van der Waals surface area contributed by atoms with Gasteiger partial charge in [-0.05, 0) is 18.3 Å². The first-order valence-corrected chi connectivity index (χ1v) is 12.6. The molecule has 1 aromatic carbocycles. The van der Waals surface area contributed by atoms with E-state index < -0.39 is 8.07 Å². The molecule has 0 amide bonds. The predicted molar refractivity (Wildman–Crippen MR) is 101 cm³/mol. The molecule has 1 aliphatic carbocycles. The Bertz CT molecular complexity index is 444. The van der Waals surface area contributed by atoms with E-state index in [0.29, 0.717) is 0 Å². The van der Waals surface area contributed by atoms with Crippen LogP contribution in [-0.2, 0) is 0 Å². The zero-order valence-corrected chi connectivity index (χ0v) is 15.6. The third kappa shape index (κ3) is 4.26. The fourth-order valence-corrected chi connectivity index (χ4v) is 10.6. The molecule has 0 bridgehead atoms. The van der Waals surface area contributed by atoms with Gasteiger partial charge in [0, 0.05) is 0 Å². The van der Waals surface area contributed by atoms with E-state index in [0.717, 1.165) is 24.7 Å². The van der Waals surface area contributed by atoms with Crippen molar-refractivity contribution in [3.05, 3.63) is 30.3 Å². The van der Waals surface area contributed by atoms with Gasteiger partial charge < -0.3 is 0 Å². The summed E-state index contributed by atoms with van der Waals surface area (Å²) in [6.07, 6.45) is 12.2. The van der Waals surface area contributed by atoms with E-state index in [-0.39, 0.29) is 6.67 Å². The summed E-state index contributed by atoms with van der Waals surface area (Å²) < 4.78 is 12.6. The summed E-state index contributed by atoms with van der Waals surface area (Å²) >= 11 is 0. The van der Waals surface area contributed by atoms with Gasteiger partial charge in [0.05, 0.1) is 14.7 Å². The fourth-order valence-electron chi connectivity index (χ4n) is 5.30. The Labute approximate surface area is 142 Å². The summed E-state index contributed by atoms with van der Waals surface area (Å²) in [5.41, 5.74) is 0. The van der Waals surface area contributed by atoms with Crippen LogP contribution < -0.4 is 5.19 Å². The van der Waals surface area contributed by atoms with Crippen LogP contribution in [0.4, 0.5) is 4.39 Å². The molecule has 2 fully saturated rings. The van der Waals surface area contributed by atoms with Gasteiger partial charge in [-0.3, -0.25) is 4.39 Å². The van der Waals surface area contributed by atoms with E-state index in [1.54, 1.807) is 5.19 Å². The lowest BCUT2D eigenvalue weighted by molar-refractivity contribution is 0.229. The third-order valence-electron chi connectivity index (χ3n) is 6.73. The first-order chi connectivity index (χ1) is 11.3. The van der Waals surface area contributed by atoms with Gasteiger partial charge in [0.15, 0.2) is 0 Å². The van der Waals surface area contributed by atoms with Crippen LogP contribution in [-0.4, -0.2) is 14.7 Å². The van der Waals surface area contributed by atoms with Gasteiger partial charge in [-0.2, -0.15) is 0 Å². The highest BCUT2D eigenvalue weighted by Gasteiger charge is 2.40. The van der Waals surface area contributed by atoms with Crippen molar-refractivity contribution in [1.29, 1.82) is 0 Å². The van der Waals surface area contributed by atoms with E-state index in [2.05, 4.69) is 30.3 Å². The predicted octanol–water partition coefficient (Wildman–Crippen LogP) is 6.08. The number of hydrogen-bond donors (Lipinski definition) is 0. The van der Waals surface area contributed by atoms with E-state index >= 15 is 0 Å². The quantitative estimate of drug-likeness (QED) is 0.437. The van der Waals surface area contributed by atoms with Crippen LogP contribution in [0.5, 0.6) is 0 Å². The lowest BCUT2D eigenvalue weighted by atomic mass is 9.77. The Kier molecular flexibility index (Phi) is 6.33. The molecule has 0 N–H and O–H groups in total. The molecule has 2 aliphatic rings. The van der Waals surface area contributed by atoms with Crippen LogP contribution in [0.1, 0.15) is 57.8 Å². The summed E-state index contributed by atoms with van der Waals surface area (Å²) in [5, 5.41) is 1.65. The Morgan fingerprint density at radius 3 is 2.13 bits per heavy atom. The van der Waals surface area contributed by atoms with Gasteiger partial charge in [-0.25, -0.2) is 0 Å². The highest BCUT2D eigenvalue weighted by atomic mass is 28.3. The van der Waals surface area contributed by atoms with Crippen molar-refractivity contribution in [3.63, 3.8) is 0 Å². The van der Waals surface area contributed by atoms with Crippen LogP contribution >= 0.6 is 0 Å². The number of benzene rings is 1. The van der Waals surface area contributed by atoms with Crippen molar-refractivity contribution in [2.75, 3.05) is 6.67 Å². The molecule has 0 radical (unpaired) electrons. The Hall–Kier alpha value is -0.633. The smallest absolute Gasteiger partial charge is 0.0894 e. The van der Waals surface area contributed by atoms with Crippen molar-refractivity contribution in [2.24, 2.45) is 11.8 Å². The minimum atomic E-state index is -1.37. The molecular weight excluding hydrogens is 299 g/mol. The molecule has 1 saturated carbocycles. The lowest BCUT2D eigenvalue weighted by Gasteiger charge is -2.42. The topological polar surface area (TPSA) is 0 Å². The van der Waals surface area contributed by atoms with E-state index in [9.17, 15) is 4.39 Å². The van der Waals surface area contributed by atoms with Crippen molar-refractivity contribution in [2.45, 2.75) is 75.9 Å². The molecule has 0 nitrogen and oxygen atoms in total. The first kappa shape index (κ1) is 17.2. The number of halogens is 1. The first-order valence-electron chi connectivity index (χ1n) is 9.95. The van der Waals surface area contributed by atoms with Gasteiger partial charge in [0.2, 0.25) is 0 Å². The highest BCUT2D eigenvalue weighted by molar-refractivity contribution is 6.92. The van der Waals surface area contributed by atoms with E-state index in [1.165, 1.54) is 63.1 Å². The van der Waals surface area contributed by atoms with Gasteiger partial charge >= 0.3 is 0 Å². The molecule has 128 valence electrons. The maximum atomic E-state index is 12.6. The van der Waals surface area contributed by atoms with Crippen molar-refractivity contribution in [3.8, 4) is 0 Å². The van der Waals surface area contributed by atoms with Gasteiger partial charge in [0.25, 0.3) is 0 Å². The van der Waals surface area contributed by atoms with Crippen molar-refractivity contribution in [1.82, 2.24) is 0 Å². The monoisotopic (exact) mass is 332 g/mol. The molecule has 0 atom stereocenters. The molecule has 0 aromatic heterocycles. The third-order valence-corrected chi connectivity index (χ3v) is 12.1. The summed E-state index contributed by atoms with van der Waals surface area (Å²) in [6, 6.07) is 15.6. The van der Waals surface area contributed by atoms with Gasteiger partial charge in [-0.15, -0.1) is 0 Å². The molecule has 1 saturated heterocycles. The second kappa shape index (κ2) is 8.46. The molecular formula is C21H33FSi. The zero-order valence-electron chi connectivity index (χ0n) is 14.6. The Balaban J connectivity index is 1.66. The molecule has 0 spiro atoms. The molecule has 23 heavy (non-hydrogen) atoms. The molecule has 1 aromatic rings. The second-order valence-corrected chi connectivity index (χ2v) is 12.7. The highest BCUT2D eigenvalue weighted by Crippen LogP contribution is 2.43. The minimum Gasteiger partial charge on any atom is -0.251 e. The molecule has 1 heterocycles. The number of rotatable bonds is 6. The number of alkyl halides is 1. The summed E-state index contributed by atoms with van der Waals surface area (Å²) in [4.78, 5) is 0. The molecule has 1 aliphatic heterocycles. The fraction of sp³-hybridized carbons (Fsp3) is 0.714. The Morgan fingerprint density at radius 1 is 0.826 bits per heavy atom. The standard InChI is InChI=1S/C21H33FSi/c22-15-7-8-16-23(21-11-5-2-6-12-21)17-13-20(14-18-23)19-9-3-1-4-10-19/h2,5-6,11-12,19-20H,1,3-4,7-10,13-18H2. The van der Waals surface area contributed by atoms with Crippen LogP contribution in [0.25, 0.3) is 0 Å². The van der Waals surface area contributed by atoms with E-state index in [1.807, 2.05) is 0 Å².